The van der Waals surface area contributed by atoms with E-state index in [1.165, 1.54) is 37.5 Å². The van der Waals surface area contributed by atoms with Crippen molar-refractivity contribution in [1.29, 1.82) is 0 Å². The summed E-state index contributed by atoms with van der Waals surface area (Å²) in [5.74, 6) is 0.779. The third-order valence-electron chi connectivity index (χ3n) is 3.54. The Morgan fingerprint density at radius 3 is 2.71 bits per heavy atom. The van der Waals surface area contributed by atoms with Crippen molar-refractivity contribution in [3.05, 3.63) is 23.2 Å². The van der Waals surface area contributed by atoms with Crippen LogP contribution in [0.25, 0.3) is 0 Å². The first-order valence-electron chi connectivity index (χ1n) is 8.27. The Morgan fingerprint density at radius 2 is 2.14 bits per heavy atom. The average molecular weight is 465 g/mol. The van der Waals surface area contributed by atoms with Gasteiger partial charge in [-0.2, -0.15) is 0 Å². The molecule has 0 aliphatic heterocycles. The molecule has 1 unspecified atom stereocenters. The van der Waals surface area contributed by atoms with Crippen molar-refractivity contribution in [3.8, 4) is 5.75 Å². The highest BCUT2D eigenvalue weighted by atomic mass is 35.5. The number of amides is 1. The third-order valence-corrected chi connectivity index (χ3v) is 7.26. The molecule has 28 heavy (non-hydrogen) atoms. The van der Waals surface area contributed by atoms with Crippen LogP contribution in [0.3, 0.4) is 0 Å². The lowest BCUT2D eigenvalue weighted by Crippen LogP contribution is -2.45. The quantitative estimate of drug-likeness (QED) is 0.447. The number of benzene rings is 1. The van der Waals surface area contributed by atoms with Gasteiger partial charge in [0, 0.05) is 5.75 Å². The van der Waals surface area contributed by atoms with Gasteiger partial charge in [0.25, 0.3) is 0 Å². The van der Waals surface area contributed by atoms with Crippen molar-refractivity contribution in [2.75, 3.05) is 28.7 Å². The van der Waals surface area contributed by atoms with Crippen molar-refractivity contribution < 1.29 is 17.9 Å². The Labute approximate surface area is 177 Å². The van der Waals surface area contributed by atoms with Gasteiger partial charge in [-0.1, -0.05) is 41.6 Å². The molecule has 0 fully saturated rings. The highest BCUT2D eigenvalue weighted by Crippen LogP contribution is 2.32. The molecular formula is C16H21ClN4O4S3. The summed E-state index contributed by atoms with van der Waals surface area (Å²) in [6.45, 7) is 3.55. The zero-order valence-electron chi connectivity index (χ0n) is 15.8. The molecule has 1 N–H and O–H groups in total. The summed E-state index contributed by atoms with van der Waals surface area (Å²) in [5.41, 5.74) is 0.257. The molecule has 0 aliphatic carbocycles. The zero-order chi connectivity index (χ0) is 20.9. The first-order chi connectivity index (χ1) is 13.2. The number of aromatic nitrogens is 2. The second-order valence-electron chi connectivity index (χ2n) is 5.76. The van der Waals surface area contributed by atoms with Crippen molar-refractivity contribution in [2.45, 2.75) is 30.6 Å². The SMILES string of the molecule is CCCSc1nnc(NC(=O)C(C)N(c2ccc(OC)c(Cl)c2)S(C)(=O)=O)s1. The lowest BCUT2D eigenvalue weighted by atomic mass is 10.2. The maximum atomic E-state index is 12.7. The molecule has 0 bridgehead atoms. The molecule has 0 saturated carbocycles. The van der Waals surface area contributed by atoms with Gasteiger partial charge in [-0.15, -0.1) is 10.2 Å². The molecule has 0 saturated heterocycles. The number of hydrogen-bond acceptors (Lipinski definition) is 8. The molecule has 0 aliphatic rings. The van der Waals surface area contributed by atoms with Gasteiger partial charge in [0.15, 0.2) is 4.34 Å². The van der Waals surface area contributed by atoms with E-state index < -0.39 is 22.0 Å². The summed E-state index contributed by atoms with van der Waals surface area (Å²) >= 11 is 8.91. The molecule has 154 valence electrons. The number of thioether (sulfide) groups is 1. The molecule has 1 aromatic carbocycles. The van der Waals surface area contributed by atoms with E-state index in [4.69, 9.17) is 16.3 Å². The normalized spacial score (nSPS) is 12.5. The number of rotatable bonds is 9. The predicted octanol–water partition coefficient (Wildman–Crippen LogP) is 3.50. The largest absolute Gasteiger partial charge is 0.495 e. The molecular weight excluding hydrogens is 444 g/mol. The summed E-state index contributed by atoms with van der Waals surface area (Å²) in [6.07, 6.45) is 2.02. The first kappa shape index (κ1) is 22.7. The van der Waals surface area contributed by atoms with Crippen LogP contribution in [-0.2, 0) is 14.8 Å². The van der Waals surface area contributed by atoms with Gasteiger partial charge < -0.3 is 4.74 Å². The van der Waals surface area contributed by atoms with E-state index in [-0.39, 0.29) is 10.7 Å². The van der Waals surface area contributed by atoms with Gasteiger partial charge in [-0.3, -0.25) is 14.4 Å². The van der Waals surface area contributed by atoms with Crippen LogP contribution < -0.4 is 14.4 Å². The lowest BCUT2D eigenvalue weighted by molar-refractivity contribution is -0.116. The molecule has 1 aromatic heterocycles. The number of carbonyl (C=O) groups excluding carboxylic acids is 1. The predicted molar refractivity (Wildman–Crippen MR) is 114 cm³/mol. The van der Waals surface area contributed by atoms with Crippen LogP contribution in [0.5, 0.6) is 5.75 Å². The summed E-state index contributed by atoms with van der Waals surface area (Å²) in [4.78, 5) is 12.7. The number of halogens is 1. The van der Waals surface area contributed by atoms with Crippen molar-refractivity contribution in [3.63, 3.8) is 0 Å². The smallest absolute Gasteiger partial charge is 0.249 e. The molecule has 1 heterocycles. The minimum atomic E-state index is -3.76. The minimum Gasteiger partial charge on any atom is -0.495 e. The van der Waals surface area contributed by atoms with E-state index in [1.807, 2.05) is 0 Å². The number of anilines is 2. The topological polar surface area (TPSA) is 101 Å². The molecule has 2 rings (SSSR count). The number of nitrogens with one attached hydrogen (secondary N) is 1. The Bertz CT molecular complexity index is 936. The van der Waals surface area contributed by atoms with Gasteiger partial charge >= 0.3 is 0 Å². The van der Waals surface area contributed by atoms with Crippen molar-refractivity contribution in [1.82, 2.24) is 10.2 Å². The molecule has 12 heteroatoms. The summed E-state index contributed by atoms with van der Waals surface area (Å²) in [6, 6.07) is 3.48. The number of nitrogens with zero attached hydrogens (tertiary/aromatic N) is 3. The van der Waals surface area contributed by atoms with Crippen LogP contribution in [0.1, 0.15) is 20.3 Å². The van der Waals surface area contributed by atoms with Gasteiger partial charge in [-0.05, 0) is 31.5 Å². The number of sulfonamides is 1. The van der Waals surface area contributed by atoms with E-state index in [0.29, 0.717) is 10.9 Å². The second kappa shape index (κ2) is 9.77. The molecule has 0 radical (unpaired) electrons. The standard InChI is InChI=1S/C16H21ClN4O4S3/c1-5-8-26-16-20-19-15(27-16)18-14(22)10(2)21(28(4,23)24)11-6-7-13(25-3)12(17)9-11/h6-7,9-10H,5,8H2,1-4H3,(H,18,19,22). The first-order valence-corrected chi connectivity index (χ1v) is 12.3. The number of methoxy groups -OCH3 is 1. The maximum absolute atomic E-state index is 12.7. The van der Waals surface area contributed by atoms with Crippen LogP contribution in [0.4, 0.5) is 10.8 Å². The van der Waals surface area contributed by atoms with Crippen molar-refractivity contribution >= 4 is 61.4 Å². The molecule has 1 atom stereocenters. The van der Waals surface area contributed by atoms with Gasteiger partial charge in [0.2, 0.25) is 21.1 Å². The fourth-order valence-corrected chi connectivity index (χ4v) is 5.42. The van der Waals surface area contributed by atoms with E-state index in [2.05, 4.69) is 22.4 Å². The van der Waals surface area contributed by atoms with Crippen LogP contribution >= 0.6 is 34.7 Å². The van der Waals surface area contributed by atoms with E-state index in [1.54, 1.807) is 17.8 Å². The van der Waals surface area contributed by atoms with Crippen LogP contribution in [0.15, 0.2) is 22.5 Å². The monoisotopic (exact) mass is 464 g/mol. The van der Waals surface area contributed by atoms with Crippen LogP contribution in [-0.4, -0.2) is 49.7 Å². The highest BCUT2D eigenvalue weighted by molar-refractivity contribution is 8.01. The van der Waals surface area contributed by atoms with Crippen molar-refractivity contribution in [2.24, 2.45) is 0 Å². The Morgan fingerprint density at radius 1 is 1.43 bits per heavy atom. The highest BCUT2D eigenvalue weighted by Gasteiger charge is 2.30. The Kier molecular flexibility index (Phi) is 7.93. The maximum Gasteiger partial charge on any atom is 0.249 e. The summed E-state index contributed by atoms with van der Waals surface area (Å²) in [7, 11) is -2.30. The average Bonchev–Trinajstić information content (AvgIpc) is 3.06. The molecule has 1 amide bonds. The number of ether oxygens (including phenoxy) is 1. The zero-order valence-corrected chi connectivity index (χ0v) is 19.0. The Hall–Kier alpha value is -1.56. The molecule has 8 nitrogen and oxygen atoms in total. The minimum absolute atomic E-state index is 0.239. The summed E-state index contributed by atoms with van der Waals surface area (Å²) < 4.78 is 31.6. The van der Waals surface area contributed by atoms with E-state index in [0.717, 1.165) is 27.1 Å². The van der Waals surface area contributed by atoms with Gasteiger partial charge in [0.1, 0.15) is 11.8 Å². The van der Waals surface area contributed by atoms with Gasteiger partial charge in [0.05, 0.1) is 24.1 Å². The fraction of sp³-hybridized carbons (Fsp3) is 0.438. The van der Waals surface area contributed by atoms with Gasteiger partial charge in [-0.25, -0.2) is 8.42 Å². The number of carbonyl (C=O) groups is 1. The summed E-state index contributed by atoms with van der Waals surface area (Å²) in [5, 5.41) is 11.1. The number of hydrogen-bond donors (Lipinski definition) is 1. The second-order valence-corrected chi connectivity index (χ2v) is 10.4. The Balaban J connectivity index is 2.23. The van der Waals surface area contributed by atoms with Crippen LogP contribution in [0, 0.1) is 0 Å². The third kappa shape index (κ3) is 5.72. The lowest BCUT2D eigenvalue weighted by Gasteiger charge is -2.28. The fourth-order valence-electron chi connectivity index (χ4n) is 2.32. The van der Waals surface area contributed by atoms with E-state index in [9.17, 15) is 13.2 Å². The molecule has 0 spiro atoms. The van der Waals surface area contributed by atoms with Crippen LogP contribution in [0.2, 0.25) is 5.02 Å². The van der Waals surface area contributed by atoms with E-state index >= 15 is 0 Å². The molecule has 2 aromatic rings.